The van der Waals surface area contributed by atoms with E-state index < -0.39 is 0 Å². The van der Waals surface area contributed by atoms with Crippen LogP contribution in [0.15, 0.2) is 18.2 Å². The molecule has 0 spiro atoms. The molecule has 1 aliphatic heterocycles. The van der Waals surface area contributed by atoms with Crippen LogP contribution in [0.2, 0.25) is 0 Å². The highest BCUT2D eigenvalue weighted by atomic mass is 16.5. The third-order valence-electron chi connectivity index (χ3n) is 4.33. The Bertz CT molecular complexity index is 720. The molecule has 122 valence electrons. The van der Waals surface area contributed by atoms with E-state index in [9.17, 15) is 4.79 Å². The maximum atomic E-state index is 12.6. The Morgan fingerprint density at radius 3 is 2.30 bits per heavy atom. The average molecular weight is 313 g/mol. The Hall–Kier alpha value is -2.14. The molecule has 0 radical (unpaired) electrons. The van der Waals surface area contributed by atoms with Gasteiger partial charge in [0.1, 0.15) is 0 Å². The van der Waals surface area contributed by atoms with E-state index in [1.807, 2.05) is 18.0 Å². The molecule has 1 fully saturated rings. The van der Waals surface area contributed by atoms with Crippen LogP contribution in [0.1, 0.15) is 27.2 Å². The fourth-order valence-corrected chi connectivity index (χ4v) is 3.32. The smallest absolute Gasteiger partial charge is 0.274 e. The lowest BCUT2D eigenvalue weighted by Crippen LogP contribution is -2.40. The summed E-state index contributed by atoms with van der Waals surface area (Å²) in [5.41, 5.74) is 6.30. The SMILES string of the molecule is Cc1cc(C)c(-c2cc(C(=O)N3CCOCC3)nn2C)c(C)c1. The second kappa shape index (κ2) is 6.16. The number of carbonyl (C=O) groups is 1. The summed E-state index contributed by atoms with van der Waals surface area (Å²) in [6.45, 7) is 8.77. The van der Waals surface area contributed by atoms with E-state index in [2.05, 4.69) is 38.0 Å². The van der Waals surface area contributed by atoms with E-state index in [-0.39, 0.29) is 5.91 Å². The number of nitrogens with zero attached hydrogens (tertiary/aromatic N) is 3. The Balaban J connectivity index is 1.97. The van der Waals surface area contributed by atoms with Crippen molar-refractivity contribution in [3.8, 4) is 11.3 Å². The molecule has 1 aliphatic rings. The maximum absolute atomic E-state index is 12.6. The first-order valence-electron chi connectivity index (χ1n) is 7.96. The van der Waals surface area contributed by atoms with E-state index in [4.69, 9.17) is 4.74 Å². The number of hydrogen-bond donors (Lipinski definition) is 0. The van der Waals surface area contributed by atoms with Gasteiger partial charge in [-0.2, -0.15) is 5.10 Å². The van der Waals surface area contributed by atoms with E-state index in [1.165, 1.54) is 16.7 Å². The summed E-state index contributed by atoms with van der Waals surface area (Å²) in [6, 6.07) is 6.24. The van der Waals surface area contributed by atoms with Crippen molar-refractivity contribution in [2.45, 2.75) is 20.8 Å². The lowest BCUT2D eigenvalue weighted by atomic mass is 9.97. The number of benzene rings is 1. The van der Waals surface area contributed by atoms with Gasteiger partial charge in [0, 0.05) is 25.7 Å². The number of aryl methyl sites for hydroxylation is 4. The van der Waals surface area contributed by atoms with Gasteiger partial charge in [-0.15, -0.1) is 0 Å². The van der Waals surface area contributed by atoms with E-state index in [0.29, 0.717) is 32.0 Å². The fraction of sp³-hybridized carbons (Fsp3) is 0.444. The second-order valence-electron chi connectivity index (χ2n) is 6.22. The first-order chi connectivity index (χ1) is 11.0. The van der Waals surface area contributed by atoms with Crippen LogP contribution in [0.25, 0.3) is 11.3 Å². The first kappa shape index (κ1) is 15.7. The zero-order valence-electron chi connectivity index (χ0n) is 14.2. The highest BCUT2D eigenvalue weighted by Gasteiger charge is 2.23. The molecule has 0 aliphatic carbocycles. The quantitative estimate of drug-likeness (QED) is 0.856. The summed E-state index contributed by atoms with van der Waals surface area (Å²) in [5, 5.41) is 4.45. The highest BCUT2D eigenvalue weighted by molar-refractivity contribution is 5.93. The average Bonchev–Trinajstić information content (AvgIpc) is 2.88. The van der Waals surface area contributed by atoms with Crippen LogP contribution < -0.4 is 0 Å². The van der Waals surface area contributed by atoms with Crippen LogP contribution in [-0.4, -0.2) is 46.9 Å². The van der Waals surface area contributed by atoms with Crippen LogP contribution in [0.3, 0.4) is 0 Å². The maximum Gasteiger partial charge on any atom is 0.274 e. The third kappa shape index (κ3) is 3.01. The standard InChI is InChI=1S/C18H23N3O2/c1-12-9-13(2)17(14(3)10-12)16-11-15(19-20(16)4)18(22)21-5-7-23-8-6-21/h9-11H,5-8H2,1-4H3. The van der Waals surface area contributed by atoms with Crippen molar-refractivity contribution in [2.24, 2.45) is 7.05 Å². The number of rotatable bonds is 2. The van der Waals surface area contributed by atoms with Crippen LogP contribution in [0.4, 0.5) is 0 Å². The van der Waals surface area contributed by atoms with Gasteiger partial charge in [0.25, 0.3) is 5.91 Å². The number of hydrogen-bond acceptors (Lipinski definition) is 3. The summed E-state index contributed by atoms with van der Waals surface area (Å²) < 4.78 is 7.11. The van der Waals surface area contributed by atoms with Crippen LogP contribution in [0, 0.1) is 20.8 Å². The number of aromatic nitrogens is 2. The molecule has 0 unspecified atom stereocenters. The Morgan fingerprint density at radius 2 is 1.70 bits per heavy atom. The summed E-state index contributed by atoms with van der Waals surface area (Å²) in [5.74, 6) is -0.0161. The van der Waals surface area contributed by atoms with E-state index in [0.717, 1.165) is 11.3 Å². The zero-order chi connectivity index (χ0) is 16.6. The molecule has 23 heavy (non-hydrogen) atoms. The Morgan fingerprint density at radius 1 is 1.09 bits per heavy atom. The van der Waals surface area contributed by atoms with Crippen LogP contribution >= 0.6 is 0 Å². The van der Waals surface area contributed by atoms with Gasteiger partial charge in [0.15, 0.2) is 5.69 Å². The molecule has 1 aromatic carbocycles. The zero-order valence-corrected chi connectivity index (χ0v) is 14.2. The minimum atomic E-state index is -0.0161. The number of morpholine rings is 1. The monoisotopic (exact) mass is 313 g/mol. The van der Waals surface area contributed by atoms with Gasteiger partial charge in [-0.25, -0.2) is 0 Å². The molecule has 1 aromatic heterocycles. The van der Waals surface area contributed by atoms with Crippen molar-refractivity contribution in [2.75, 3.05) is 26.3 Å². The van der Waals surface area contributed by atoms with Gasteiger partial charge < -0.3 is 9.64 Å². The number of amides is 1. The molecule has 3 rings (SSSR count). The lowest BCUT2D eigenvalue weighted by Gasteiger charge is -2.25. The fourth-order valence-electron chi connectivity index (χ4n) is 3.32. The molecule has 0 bridgehead atoms. The lowest BCUT2D eigenvalue weighted by molar-refractivity contribution is 0.0298. The molecular weight excluding hydrogens is 290 g/mol. The molecule has 0 N–H and O–H groups in total. The molecule has 0 saturated carbocycles. The van der Waals surface area contributed by atoms with Crippen molar-refractivity contribution in [1.82, 2.24) is 14.7 Å². The molecule has 2 aromatic rings. The Labute approximate surface area is 136 Å². The third-order valence-corrected chi connectivity index (χ3v) is 4.33. The van der Waals surface area contributed by atoms with Gasteiger partial charge in [0.2, 0.25) is 0 Å². The molecule has 1 amide bonds. The van der Waals surface area contributed by atoms with Gasteiger partial charge in [-0.3, -0.25) is 9.48 Å². The normalized spacial score (nSPS) is 15.0. The minimum absolute atomic E-state index is 0.0161. The molecule has 0 atom stereocenters. The van der Waals surface area contributed by atoms with Crippen molar-refractivity contribution in [3.63, 3.8) is 0 Å². The Kier molecular flexibility index (Phi) is 4.22. The predicted octanol–water partition coefficient (Wildman–Crippen LogP) is 2.48. The van der Waals surface area contributed by atoms with Crippen molar-refractivity contribution in [1.29, 1.82) is 0 Å². The second-order valence-corrected chi connectivity index (χ2v) is 6.22. The van der Waals surface area contributed by atoms with E-state index in [1.54, 1.807) is 4.68 Å². The van der Waals surface area contributed by atoms with Crippen molar-refractivity contribution >= 4 is 5.91 Å². The van der Waals surface area contributed by atoms with Crippen molar-refractivity contribution < 1.29 is 9.53 Å². The van der Waals surface area contributed by atoms with Gasteiger partial charge >= 0.3 is 0 Å². The number of carbonyl (C=O) groups excluding carboxylic acids is 1. The molecule has 1 saturated heterocycles. The van der Waals surface area contributed by atoms with Gasteiger partial charge in [0.05, 0.1) is 18.9 Å². The molecular formula is C18H23N3O2. The molecule has 5 heteroatoms. The van der Waals surface area contributed by atoms with Crippen LogP contribution in [-0.2, 0) is 11.8 Å². The first-order valence-corrected chi connectivity index (χ1v) is 7.96. The predicted molar refractivity (Wildman–Crippen MR) is 89.6 cm³/mol. The molecule has 2 heterocycles. The van der Waals surface area contributed by atoms with E-state index >= 15 is 0 Å². The van der Waals surface area contributed by atoms with Gasteiger partial charge in [-0.1, -0.05) is 17.7 Å². The topological polar surface area (TPSA) is 47.4 Å². The van der Waals surface area contributed by atoms with Crippen LogP contribution in [0.5, 0.6) is 0 Å². The minimum Gasteiger partial charge on any atom is -0.378 e. The largest absolute Gasteiger partial charge is 0.378 e. The summed E-state index contributed by atoms with van der Waals surface area (Å²) in [6.07, 6.45) is 0. The summed E-state index contributed by atoms with van der Waals surface area (Å²) >= 11 is 0. The number of ether oxygens (including phenoxy) is 1. The molecule has 5 nitrogen and oxygen atoms in total. The van der Waals surface area contributed by atoms with Gasteiger partial charge in [-0.05, 0) is 38.0 Å². The van der Waals surface area contributed by atoms with Crippen molar-refractivity contribution in [3.05, 3.63) is 40.6 Å². The summed E-state index contributed by atoms with van der Waals surface area (Å²) in [4.78, 5) is 14.4. The summed E-state index contributed by atoms with van der Waals surface area (Å²) in [7, 11) is 1.89. The highest BCUT2D eigenvalue weighted by Crippen LogP contribution is 2.29.